The summed E-state index contributed by atoms with van der Waals surface area (Å²) < 4.78 is 17.2. The van der Waals surface area contributed by atoms with Crippen LogP contribution < -0.4 is 20.5 Å². The summed E-state index contributed by atoms with van der Waals surface area (Å²) in [6.07, 6.45) is -0.827. The predicted octanol–water partition coefficient (Wildman–Crippen LogP) is 0.264. The number of hydrogen-bond acceptors (Lipinski definition) is 5. The highest BCUT2D eigenvalue weighted by Crippen LogP contribution is 2.17. The first kappa shape index (κ1) is 12.1. The average molecular weight is 259 g/mol. The van der Waals surface area contributed by atoms with Crippen molar-refractivity contribution in [2.75, 3.05) is 13.2 Å². The molecule has 1 amide bonds. The topological polar surface area (TPSA) is 93.8 Å². The van der Waals surface area contributed by atoms with Gasteiger partial charge in [-0.25, -0.2) is 4.79 Å². The van der Waals surface area contributed by atoms with E-state index in [4.69, 9.17) is 21.7 Å². The third kappa shape index (κ3) is 5.49. The summed E-state index contributed by atoms with van der Waals surface area (Å²) in [6.45, 7) is 0.124. The number of ether oxygens (including phenoxy) is 2. The highest BCUT2D eigenvalue weighted by Gasteiger charge is 2.05. The van der Waals surface area contributed by atoms with Crippen molar-refractivity contribution >= 4 is 15.3 Å². The third-order valence-corrected chi connectivity index (χ3v) is 1.79. The van der Waals surface area contributed by atoms with Gasteiger partial charge in [0.15, 0.2) is 0 Å². The molecule has 0 radical (unpaired) electrons. The van der Waals surface area contributed by atoms with Gasteiger partial charge in [0.2, 0.25) is 0 Å². The van der Waals surface area contributed by atoms with Crippen molar-refractivity contribution in [2.24, 2.45) is 5.73 Å². The molecule has 1 aromatic carbocycles. The van der Waals surface area contributed by atoms with E-state index in [1.54, 1.807) is 12.1 Å². The van der Waals surface area contributed by atoms with Crippen LogP contribution in [0.5, 0.6) is 11.5 Å². The zero-order chi connectivity index (χ0) is 13.6. The van der Waals surface area contributed by atoms with E-state index in [9.17, 15) is 4.79 Å². The lowest BCUT2D eigenvalue weighted by atomic mass is 10.3. The van der Waals surface area contributed by atoms with Gasteiger partial charge in [-0.3, -0.25) is 0 Å². The van der Waals surface area contributed by atoms with E-state index in [0.717, 1.165) is 0 Å². The van der Waals surface area contributed by atoms with Gasteiger partial charge in [-0.05, 0) is 24.3 Å². The minimum absolute atomic E-state index is 0.0725. The lowest BCUT2D eigenvalue weighted by Crippen LogP contribution is -2.38. The molecule has 94 valence electrons. The Balaban J connectivity index is 2.50. The first-order valence-electron chi connectivity index (χ1n) is 5.32. The Kier molecular flexibility index (Phi) is 5.03. The van der Waals surface area contributed by atoms with Gasteiger partial charge in [-0.15, -0.1) is 0 Å². The molecule has 1 rings (SSSR count). The third-order valence-electron chi connectivity index (χ3n) is 1.64. The highest BCUT2D eigenvalue weighted by molar-refractivity contribution is 7.17. The van der Waals surface area contributed by atoms with Crippen LogP contribution in [-0.4, -0.2) is 30.3 Å². The summed E-state index contributed by atoms with van der Waals surface area (Å²) in [7, 11) is 1.94. The molecular weight excluding hydrogens is 243 g/mol. The number of hydrogen-bond donors (Lipinski definition) is 3. The van der Waals surface area contributed by atoms with Crippen LogP contribution in [0.3, 0.4) is 0 Å². The van der Waals surface area contributed by atoms with Crippen LogP contribution in [0.15, 0.2) is 24.3 Å². The maximum Gasteiger partial charge on any atom is 0.414 e. The molecular formula is C10H15N2O4P. The van der Waals surface area contributed by atoms with E-state index in [-0.39, 0.29) is 19.0 Å². The normalized spacial score (nSPS) is 14.4. The Morgan fingerprint density at radius 2 is 2.12 bits per heavy atom. The lowest BCUT2D eigenvalue weighted by molar-refractivity contribution is 0.198. The largest absolute Gasteiger partial charge is 0.491 e. The molecule has 2 unspecified atom stereocenters. The molecule has 0 saturated carbocycles. The second-order valence-corrected chi connectivity index (χ2v) is 3.64. The van der Waals surface area contributed by atoms with E-state index in [2.05, 4.69) is 5.32 Å². The van der Waals surface area contributed by atoms with E-state index in [0.29, 0.717) is 5.75 Å². The molecule has 6 nitrogen and oxygen atoms in total. The number of benzene rings is 1. The predicted molar refractivity (Wildman–Crippen MR) is 65.9 cm³/mol. The van der Waals surface area contributed by atoms with Gasteiger partial charge in [0, 0.05) is 0 Å². The molecule has 0 bridgehead atoms. The van der Waals surface area contributed by atoms with E-state index >= 15 is 0 Å². The molecule has 17 heavy (non-hydrogen) atoms. The number of carbonyl (C=O) groups is 1. The van der Waals surface area contributed by atoms with E-state index in [1.165, 1.54) is 12.1 Å². The van der Waals surface area contributed by atoms with Gasteiger partial charge in [0.1, 0.15) is 18.1 Å². The van der Waals surface area contributed by atoms with Crippen molar-refractivity contribution in [3.63, 3.8) is 0 Å². The maximum atomic E-state index is 11.3. The van der Waals surface area contributed by atoms with Gasteiger partial charge in [-0.2, -0.15) is 0 Å². The summed E-state index contributed by atoms with van der Waals surface area (Å²) in [5.74, 6) is -0.823. The lowest BCUT2D eigenvalue weighted by Gasteiger charge is -2.09. The quantitative estimate of drug-likeness (QED) is 0.521. The minimum atomic E-state index is -1.67. The molecule has 0 saturated heterocycles. The van der Waals surface area contributed by atoms with Crippen LogP contribution in [0, 0.1) is 0 Å². The molecule has 2 atom stereocenters. The first-order chi connectivity index (χ1) is 8.40. The number of rotatable bonds is 5. The molecule has 0 aliphatic heterocycles. The summed E-state index contributed by atoms with van der Waals surface area (Å²) in [6, 6.07) is 6.24. The van der Waals surface area contributed by atoms with Gasteiger partial charge < -0.3 is 25.6 Å². The second kappa shape index (κ2) is 7.06. The molecule has 7 heteroatoms. The standard InChI is InChI=1S/C10H15N2O4P/c11-9(17)12-10(14)16-8-3-1-7(2-4-8)15-6-5-13/h1-4,9,13H,5-6,11,17H2,(H,12,14)/i9D. The number of aliphatic hydroxyl groups excluding tert-OH is 1. The van der Waals surface area contributed by atoms with Crippen LogP contribution >= 0.6 is 9.24 Å². The Labute approximate surface area is 103 Å². The zero-order valence-corrected chi connectivity index (χ0v) is 10.2. The molecule has 4 N–H and O–H groups in total. The van der Waals surface area contributed by atoms with Crippen LogP contribution in [0.25, 0.3) is 0 Å². The fraction of sp³-hybridized carbons (Fsp3) is 0.300. The van der Waals surface area contributed by atoms with Crippen molar-refractivity contribution in [3.05, 3.63) is 24.3 Å². The van der Waals surface area contributed by atoms with Crippen molar-refractivity contribution in [1.82, 2.24) is 5.32 Å². The van der Waals surface area contributed by atoms with E-state index < -0.39 is 12.0 Å². The van der Waals surface area contributed by atoms with Gasteiger partial charge in [0.25, 0.3) is 0 Å². The molecule has 0 aliphatic rings. The zero-order valence-electron chi connectivity index (χ0n) is 10.1. The number of nitrogens with one attached hydrogen (secondary N) is 1. The summed E-state index contributed by atoms with van der Waals surface area (Å²) in [5, 5.41) is 10.7. The molecule has 0 fully saturated rings. The van der Waals surface area contributed by atoms with Crippen LogP contribution in [0.4, 0.5) is 4.79 Å². The second-order valence-electron chi connectivity index (χ2n) is 3.01. The molecule has 0 aromatic heterocycles. The first-order valence-corrected chi connectivity index (χ1v) is 5.40. The number of amides is 1. The van der Waals surface area contributed by atoms with Gasteiger partial charge >= 0.3 is 6.09 Å². The Morgan fingerprint density at radius 1 is 1.53 bits per heavy atom. The summed E-state index contributed by atoms with van der Waals surface area (Å²) in [4.78, 5) is 11.3. The van der Waals surface area contributed by atoms with Crippen LogP contribution in [0.1, 0.15) is 1.37 Å². The molecule has 0 aliphatic carbocycles. The van der Waals surface area contributed by atoms with Gasteiger partial charge in [-0.1, -0.05) is 9.24 Å². The highest BCUT2D eigenvalue weighted by atomic mass is 31.0. The van der Waals surface area contributed by atoms with Gasteiger partial charge in [0.05, 0.1) is 13.9 Å². The van der Waals surface area contributed by atoms with Crippen molar-refractivity contribution in [1.29, 1.82) is 0 Å². The monoisotopic (exact) mass is 259 g/mol. The molecule has 0 spiro atoms. The molecule has 0 heterocycles. The maximum absolute atomic E-state index is 11.3. The van der Waals surface area contributed by atoms with E-state index in [1.807, 2.05) is 9.24 Å². The number of aliphatic hydroxyl groups is 1. The Morgan fingerprint density at radius 3 is 2.65 bits per heavy atom. The number of nitrogens with two attached hydrogens (primary N) is 1. The van der Waals surface area contributed by atoms with Crippen molar-refractivity contribution < 1.29 is 20.7 Å². The fourth-order valence-corrected chi connectivity index (χ4v) is 1.14. The Hall–Kier alpha value is -1.36. The van der Waals surface area contributed by atoms with Crippen molar-refractivity contribution in [3.8, 4) is 11.5 Å². The smallest absolute Gasteiger partial charge is 0.414 e. The van der Waals surface area contributed by atoms with Crippen molar-refractivity contribution in [2.45, 2.75) is 5.88 Å². The van der Waals surface area contributed by atoms with Crippen LogP contribution in [0.2, 0.25) is 0 Å². The summed E-state index contributed by atoms with van der Waals surface area (Å²) >= 11 is 0. The summed E-state index contributed by atoms with van der Waals surface area (Å²) in [5.41, 5.74) is 5.24. The Bertz CT molecular complexity index is 394. The fourth-order valence-electron chi connectivity index (χ4n) is 1.02. The average Bonchev–Trinajstić information content (AvgIpc) is 2.25. The minimum Gasteiger partial charge on any atom is -0.491 e. The van der Waals surface area contributed by atoms with Crippen LogP contribution in [-0.2, 0) is 0 Å². The SMILES string of the molecule is [2H]C(N)(P)NC(=O)Oc1ccc(OCCO)cc1. The molecule has 1 aromatic rings. The number of carbonyl (C=O) groups excluding carboxylic acids is 1.